The van der Waals surface area contributed by atoms with Crippen molar-refractivity contribution in [2.75, 3.05) is 26.7 Å². The second kappa shape index (κ2) is 6.53. The predicted octanol–water partition coefficient (Wildman–Crippen LogP) is 2.40. The van der Waals surface area contributed by atoms with Crippen molar-refractivity contribution in [3.8, 4) is 6.07 Å². The van der Waals surface area contributed by atoms with E-state index in [2.05, 4.69) is 11.0 Å². The maximum atomic E-state index is 9.33. The molecule has 0 aromatic heterocycles. The molecule has 0 N–H and O–H groups in total. The predicted molar refractivity (Wildman–Crippen MR) is 71.3 cm³/mol. The highest BCUT2D eigenvalue weighted by atomic mass is 16.5. The first-order valence-electron chi connectivity index (χ1n) is 6.53. The van der Waals surface area contributed by atoms with Crippen LogP contribution < -0.4 is 0 Å². The van der Waals surface area contributed by atoms with Gasteiger partial charge in [0.1, 0.15) is 0 Å². The van der Waals surface area contributed by atoms with Gasteiger partial charge in [-0.2, -0.15) is 5.26 Å². The van der Waals surface area contributed by atoms with Crippen molar-refractivity contribution in [2.45, 2.75) is 24.9 Å². The first-order chi connectivity index (χ1) is 8.83. The van der Waals surface area contributed by atoms with Gasteiger partial charge in [-0.1, -0.05) is 30.3 Å². The van der Waals surface area contributed by atoms with Crippen LogP contribution in [0.15, 0.2) is 30.3 Å². The van der Waals surface area contributed by atoms with Gasteiger partial charge >= 0.3 is 0 Å². The summed E-state index contributed by atoms with van der Waals surface area (Å²) in [6.45, 7) is 2.83. The SMILES string of the molecule is COC1CCCN(CC(C#N)c2ccccc2)C1. The largest absolute Gasteiger partial charge is 0.380 e. The number of piperidine rings is 1. The van der Waals surface area contributed by atoms with Crippen molar-refractivity contribution < 1.29 is 4.74 Å². The van der Waals surface area contributed by atoms with Crippen LogP contribution >= 0.6 is 0 Å². The molecule has 1 aromatic rings. The highest BCUT2D eigenvalue weighted by molar-refractivity contribution is 5.25. The molecule has 2 rings (SSSR count). The molecule has 0 bridgehead atoms. The Morgan fingerprint density at radius 3 is 2.89 bits per heavy atom. The van der Waals surface area contributed by atoms with Gasteiger partial charge in [0.05, 0.1) is 18.1 Å². The van der Waals surface area contributed by atoms with Gasteiger partial charge in [0.2, 0.25) is 0 Å². The summed E-state index contributed by atoms with van der Waals surface area (Å²) in [6, 6.07) is 12.5. The van der Waals surface area contributed by atoms with Crippen LogP contribution in [-0.4, -0.2) is 37.7 Å². The lowest BCUT2D eigenvalue weighted by atomic mass is 9.98. The molecular weight excluding hydrogens is 224 g/mol. The Labute approximate surface area is 109 Å². The van der Waals surface area contributed by atoms with E-state index in [1.165, 1.54) is 0 Å². The topological polar surface area (TPSA) is 36.3 Å². The molecule has 1 fully saturated rings. The molecule has 0 spiro atoms. The fourth-order valence-electron chi connectivity index (χ4n) is 2.54. The van der Waals surface area contributed by atoms with Crippen LogP contribution in [0.4, 0.5) is 0 Å². The average Bonchev–Trinajstić information content (AvgIpc) is 2.46. The van der Waals surface area contributed by atoms with Crippen molar-refractivity contribution in [1.29, 1.82) is 5.26 Å². The van der Waals surface area contributed by atoms with E-state index < -0.39 is 0 Å². The zero-order chi connectivity index (χ0) is 12.8. The molecule has 18 heavy (non-hydrogen) atoms. The smallest absolute Gasteiger partial charge is 0.0839 e. The minimum atomic E-state index is -0.0400. The number of nitrogens with zero attached hydrogens (tertiary/aromatic N) is 2. The monoisotopic (exact) mass is 244 g/mol. The normalized spacial score (nSPS) is 22.3. The van der Waals surface area contributed by atoms with Crippen molar-refractivity contribution in [2.24, 2.45) is 0 Å². The fourth-order valence-corrected chi connectivity index (χ4v) is 2.54. The van der Waals surface area contributed by atoms with Crippen molar-refractivity contribution in [3.63, 3.8) is 0 Å². The molecule has 0 aliphatic carbocycles. The lowest BCUT2D eigenvalue weighted by Crippen LogP contribution is -2.41. The average molecular weight is 244 g/mol. The number of likely N-dealkylation sites (tertiary alicyclic amines) is 1. The Bertz CT molecular complexity index is 399. The third-order valence-corrected chi connectivity index (χ3v) is 3.59. The number of rotatable bonds is 4. The maximum absolute atomic E-state index is 9.33. The summed E-state index contributed by atoms with van der Waals surface area (Å²) in [5.74, 6) is -0.0400. The molecule has 1 aromatic carbocycles. The lowest BCUT2D eigenvalue weighted by molar-refractivity contribution is 0.0308. The zero-order valence-electron chi connectivity index (χ0n) is 10.9. The molecular formula is C15H20N2O. The van der Waals surface area contributed by atoms with Crippen LogP contribution in [0.1, 0.15) is 24.3 Å². The van der Waals surface area contributed by atoms with E-state index in [9.17, 15) is 5.26 Å². The highest BCUT2D eigenvalue weighted by Gasteiger charge is 2.22. The maximum Gasteiger partial charge on any atom is 0.0839 e. The lowest BCUT2D eigenvalue weighted by Gasteiger charge is -2.33. The second-order valence-electron chi connectivity index (χ2n) is 4.85. The number of nitriles is 1. The summed E-state index contributed by atoms with van der Waals surface area (Å²) >= 11 is 0. The van der Waals surface area contributed by atoms with Gasteiger partial charge in [0, 0.05) is 20.2 Å². The third kappa shape index (κ3) is 3.32. The molecule has 96 valence electrons. The van der Waals surface area contributed by atoms with Gasteiger partial charge in [0.15, 0.2) is 0 Å². The number of methoxy groups -OCH3 is 1. The summed E-state index contributed by atoms with van der Waals surface area (Å²) < 4.78 is 5.42. The van der Waals surface area contributed by atoms with Crippen LogP contribution in [0.3, 0.4) is 0 Å². The third-order valence-electron chi connectivity index (χ3n) is 3.59. The van der Waals surface area contributed by atoms with Gasteiger partial charge in [0.25, 0.3) is 0 Å². The summed E-state index contributed by atoms with van der Waals surface area (Å²) in [4.78, 5) is 2.35. The van der Waals surface area contributed by atoms with Gasteiger partial charge in [-0.05, 0) is 24.9 Å². The van der Waals surface area contributed by atoms with Crippen molar-refractivity contribution in [1.82, 2.24) is 4.90 Å². The minimum absolute atomic E-state index is 0.0400. The van der Waals surface area contributed by atoms with E-state index in [4.69, 9.17) is 4.74 Å². The molecule has 0 saturated carbocycles. The van der Waals surface area contributed by atoms with Crippen LogP contribution in [0, 0.1) is 11.3 Å². The Balaban J connectivity index is 1.97. The van der Waals surface area contributed by atoms with E-state index in [-0.39, 0.29) is 5.92 Å². The molecule has 0 radical (unpaired) electrons. The number of hydrogen-bond donors (Lipinski definition) is 0. The van der Waals surface area contributed by atoms with Crippen LogP contribution in [0.2, 0.25) is 0 Å². The molecule has 1 aliphatic heterocycles. The van der Waals surface area contributed by atoms with Crippen molar-refractivity contribution in [3.05, 3.63) is 35.9 Å². The van der Waals surface area contributed by atoms with E-state index in [0.717, 1.165) is 38.0 Å². The van der Waals surface area contributed by atoms with Gasteiger partial charge < -0.3 is 4.74 Å². The van der Waals surface area contributed by atoms with Gasteiger partial charge in [-0.15, -0.1) is 0 Å². The number of ether oxygens (including phenoxy) is 1. The molecule has 3 nitrogen and oxygen atoms in total. The molecule has 2 unspecified atom stereocenters. The summed E-state index contributed by atoms with van der Waals surface area (Å²) in [5.41, 5.74) is 1.11. The van der Waals surface area contributed by atoms with Crippen LogP contribution in [-0.2, 0) is 4.74 Å². The fraction of sp³-hybridized carbons (Fsp3) is 0.533. The Morgan fingerprint density at radius 1 is 1.44 bits per heavy atom. The van der Waals surface area contributed by atoms with Crippen LogP contribution in [0.25, 0.3) is 0 Å². The van der Waals surface area contributed by atoms with E-state index in [1.54, 1.807) is 7.11 Å². The Morgan fingerprint density at radius 2 is 2.22 bits per heavy atom. The summed E-state index contributed by atoms with van der Waals surface area (Å²) in [7, 11) is 1.77. The van der Waals surface area contributed by atoms with E-state index in [1.807, 2.05) is 30.3 Å². The molecule has 0 amide bonds. The van der Waals surface area contributed by atoms with E-state index >= 15 is 0 Å². The van der Waals surface area contributed by atoms with E-state index in [0.29, 0.717) is 6.10 Å². The Hall–Kier alpha value is -1.37. The molecule has 1 aliphatic rings. The highest BCUT2D eigenvalue weighted by Crippen LogP contribution is 2.19. The Kier molecular flexibility index (Phi) is 4.74. The molecule has 3 heteroatoms. The standard InChI is InChI=1S/C15H20N2O/c1-18-15-8-5-9-17(12-15)11-14(10-16)13-6-3-2-4-7-13/h2-4,6-7,14-15H,5,8-9,11-12H2,1H3. The number of benzene rings is 1. The van der Waals surface area contributed by atoms with Crippen LogP contribution in [0.5, 0.6) is 0 Å². The first kappa shape index (κ1) is 13.1. The molecule has 2 atom stereocenters. The molecule has 1 heterocycles. The molecule has 1 saturated heterocycles. The summed E-state index contributed by atoms with van der Waals surface area (Å²) in [6.07, 6.45) is 2.62. The van der Waals surface area contributed by atoms with Gasteiger partial charge in [-0.25, -0.2) is 0 Å². The zero-order valence-corrected chi connectivity index (χ0v) is 10.9. The number of hydrogen-bond acceptors (Lipinski definition) is 3. The minimum Gasteiger partial charge on any atom is -0.380 e. The first-order valence-corrected chi connectivity index (χ1v) is 6.53. The van der Waals surface area contributed by atoms with Gasteiger partial charge in [-0.3, -0.25) is 4.90 Å². The van der Waals surface area contributed by atoms with Crippen molar-refractivity contribution >= 4 is 0 Å². The quantitative estimate of drug-likeness (QED) is 0.816. The second-order valence-corrected chi connectivity index (χ2v) is 4.85. The summed E-state index contributed by atoms with van der Waals surface area (Å²) in [5, 5.41) is 9.33.